The Balaban J connectivity index is 0.000000861. The van der Waals surface area contributed by atoms with Crippen LogP contribution in [0.1, 0.15) is 110 Å². The van der Waals surface area contributed by atoms with Crippen molar-refractivity contribution in [2.45, 2.75) is 122 Å². The molecule has 0 saturated heterocycles. The van der Waals surface area contributed by atoms with Gasteiger partial charge in [-0.1, -0.05) is 84.0 Å². The van der Waals surface area contributed by atoms with Crippen molar-refractivity contribution in [1.82, 2.24) is 5.32 Å². The summed E-state index contributed by atoms with van der Waals surface area (Å²) in [6.45, 7) is 3.09. The zero-order valence-electron chi connectivity index (χ0n) is 18.7. The van der Waals surface area contributed by atoms with Crippen LogP contribution in [0.5, 0.6) is 0 Å². The fourth-order valence-electron chi connectivity index (χ4n) is 3.57. The van der Waals surface area contributed by atoms with Crippen molar-refractivity contribution >= 4 is 17.7 Å². The molecule has 0 spiro atoms. The summed E-state index contributed by atoms with van der Waals surface area (Å²) in [5, 5.41) is 12.3. The van der Waals surface area contributed by atoms with E-state index in [9.17, 15) is 4.79 Å². The van der Waals surface area contributed by atoms with Crippen LogP contribution in [0.4, 0.5) is 0 Å². The van der Waals surface area contributed by atoms with E-state index in [-0.39, 0.29) is 6.04 Å². The maximum atomic E-state index is 11.0. The third-order valence-electron chi connectivity index (χ3n) is 5.48. The predicted octanol–water partition coefficient (Wildman–Crippen LogP) is 5.98. The summed E-state index contributed by atoms with van der Waals surface area (Å²) < 4.78 is 0. The smallest absolute Gasteiger partial charge is 0.320 e. The van der Waals surface area contributed by atoms with Crippen molar-refractivity contribution < 1.29 is 9.90 Å². The first-order chi connectivity index (χ1) is 13.6. The number of carboxylic acid groups (broad SMARTS) is 1. The number of unbranched alkanes of at least 4 members (excludes halogenated alkanes) is 9. The molecule has 4 N–H and O–H groups in total. The zero-order valence-corrected chi connectivity index (χ0v) is 19.5. The van der Waals surface area contributed by atoms with Crippen LogP contribution in [0.15, 0.2) is 0 Å². The zero-order chi connectivity index (χ0) is 20.9. The number of aliphatic carboxylic acids is 1. The Morgan fingerprint density at radius 1 is 1.00 bits per heavy atom. The van der Waals surface area contributed by atoms with E-state index >= 15 is 0 Å². The Hall–Kier alpha value is -0.260. The van der Waals surface area contributed by atoms with E-state index in [0.29, 0.717) is 12.5 Å². The molecule has 0 aromatic carbocycles. The Labute approximate surface area is 179 Å². The van der Waals surface area contributed by atoms with Gasteiger partial charge in [0.1, 0.15) is 6.04 Å². The van der Waals surface area contributed by atoms with Gasteiger partial charge >= 0.3 is 5.97 Å². The van der Waals surface area contributed by atoms with E-state index in [1.54, 1.807) is 11.8 Å². The first-order valence-corrected chi connectivity index (χ1v) is 13.2. The first kappa shape index (κ1) is 27.7. The second kappa shape index (κ2) is 21.4. The van der Waals surface area contributed by atoms with E-state index in [0.717, 1.165) is 18.7 Å². The molecule has 1 rings (SSSR count). The third kappa shape index (κ3) is 19.1. The van der Waals surface area contributed by atoms with Crippen LogP contribution in [0, 0.1) is 0 Å². The summed E-state index contributed by atoms with van der Waals surface area (Å²) in [6, 6.07) is 0.171. The number of rotatable bonds is 16. The van der Waals surface area contributed by atoms with Gasteiger partial charge in [0.2, 0.25) is 0 Å². The van der Waals surface area contributed by atoms with E-state index in [1.165, 1.54) is 89.9 Å². The van der Waals surface area contributed by atoms with Crippen molar-refractivity contribution in [3.63, 3.8) is 0 Å². The van der Waals surface area contributed by atoms with Crippen LogP contribution in [-0.4, -0.2) is 41.7 Å². The molecule has 1 unspecified atom stereocenters. The van der Waals surface area contributed by atoms with E-state index < -0.39 is 5.97 Å². The molecular formula is C23H48N2O2S. The summed E-state index contributed by atoms with van der Waals surface area (Å²) in [7, 11) is 0. The normalized spacial score (nSPS) is 15.7. The molecule has 1 aliphatic carbocycles. The number of hydrogen-bond acceptors (Lipinski definition) is 4. The minimum absolute atomic E-state index is 0.365. The van der Waals surface area contributed by atoms with Crippen LogP contribution >= 0.6 is 11.8 Å². The second-order valence-corrected chi connectivity index (χ2v) is 9.19. The molecule has 1 atom stereocenters. The maximum absolute atomic E-state index is 11.0. The molecule has 0 heterocycles. The third-order valence-corrected chi connectivity index (χ3v) is 6.12. The number of nitrogens with one attached hydrogen (secondary N) is 1. The SMILES string of the molecule is CCCCCCCCCCCCNC(CCSC)C(=O)O.NC1CCCCC1. The largest absolute Gasteiger partial charge is 0.480 e. The molecule has 1 saturated carbocycles. The van der Waals surface area contributed by atoms with Gasteiger partial charge in [-0.05, 0) is 44.2 Å². The molecule has 5 heteroatoms. The van der Waals surface area contributed by atoms with Gasteiger partial charge in [-0.15, -0.1) is 0 Å². The van der Waals surface area contributed by atoms with Gasteiger partial charge in [0.05, 0.1) is 0 Å². The number of nitrogens with two attached hydrogens (primary N) is 1. The molecule has 0 bridgehead atoms. The Kier molecular flexibility index (Phi) is 21.2. The predicted molar refractivity (Wildman–Crippen MR) is 125 cm³/mol. The summed E-state index contributed by atoms with van der Waals surface area (Å²) in [5.41, 5.74) is 5.63. The summed E-state index contributed by atoms with van der Waals surface area (Å²) in [5.74, 6) is 0.193. The van der Waals surface area contributed by atoms with Crippen LogP contribution in [0.25, 0.3) is 0 Å². The Bertz CT molecular complexity index is 337. The highest BCUT2D eigenvalue weighted by Crippen LogP contribution is 2.14. The minimum Gasteiger partial charge on any atom is -0.480 e. The highest BCUT2D eigenvalue weighted by molar-refractivity contribution is 7.98. The quantitative estimate of drug-likeness (QED) is 0.270. The molecular weight excluding hydrogens is 368 g/mol. The van der Waals surface area contributed by atoms with Gasteiger partial charge in [0.25, 0.3) is 0 Å². The lowest BCUT2D eigenvalue weighted by Gasteiger charge is -2.15. The maximum Gasteiger partial charge on any atom is 0.320 e. The van der Waals surface area contributed by atoms with Gasteiger partial charge < -0.3 is 16.2 Å². The topological polar surface area (TPSA) is 75.3 Å². The average Bonchev–Trinajstić information content (AvgIpc) is 2.69. The first-order valence-electron chi connectivity index (χ1n) is 11.8. The summed E-state index contributed by atoms with van der Waals surface area (Å²) >= 11 is 1.70. The highest BCUT2D eigenvalue weighted by Gasteiger charge is 2.15. The number of carbonyl (C=O) groups is 1. The minimum atomic E-state index is -0.712. The van der Waals surface area contributed by atoms with Crippen molar-refractivity contribution in [2.75, 3.05) is 18.6 Å². The van der Waals surface area contributed by atoms with Crippen molar-refractivity contribution in [3.8, 4) is 0 Å². The Morgan fingerprint density at radius 3 is 1.96 bits per heavy atom. The molecule has 0 aromatic heterocycles. The molecule has 0 aliphatic heterocycles. The highest BCUT2D eigenvalue weighted by atomic mass is 32.2. The van der Waals surface area contributed by atoms with E-state index in [1.807, 2.05) is 6.26 Å². The summed E-state index contributed by atoms with van der Waals surface area (Å²) in [6.07, 6.45) is 22.6. The molecule has 4 nitrogen and oxygen atoms in total. The lowest BCUT2D eigenvalue weighted by molar-refractivity contribution is -0.139. The van der Waals surface area contributed by atoms with Crippen LogP contribution < -0.4 is 11.1 Å². The molecule has 0 radical (unpaired) electrons. The molecule has 0 aromatic rings. The van der Waals surface area contributed by atoms with E-state index in [4.69, 9.17) is 10.8 Å². The fourth-order valence-corrected chi connectivity index (χ4v) is 4.04. The van der Waals surface area contributed by atoms with E-state index in [2.05, 4.69) is 12.2 Å². The van der Waals surface area contributed by atoms with Crippen LogP contribution in [0.2, 0.25) is 0 Å². The van der Waals surface area contributed by atoms with Crippen molar-refractivity contribution in [1.29, 1.82) is 0 Å². The number of thioether (sulfide) groups is 1. The van der Waals surface area contributed by atoms with Gasteiger partial charge in [-0.3, -0.25) is 4.79 Å². The van der Waals surface area contributed by atoms with Crippen molar-refractivity contribution in [3.05, 3.63) is 0 Å². The standard InChI is InChI=1S/C17H35NO2S.C6H13N/c1-3-4-5-6-7-8-9-10-11-12-14-18-16(17(19)20)13-15-21-2;7-6-4-2-1-3-5-6/h16,18H,3-15H2,1-2H3,(H,19,20);6H,1-5,7H2. The summed E-state index contributed by atoms with van der Waals surface area (Å²) in [4.78, 5) is 11.0. The van der Waals surface area contributed by atoms with Gasteiger partial charge in [0.15, 0.2) is 0 Å². The van der Waals surface area contributed by atoms with Gasteiger partial charge in [-0.2, -0.15) is 11.8 Å². The van der Waals surface area contributed by atoms with Crippen molar-refractivity contribution in [2.24, 2.45) is 5.73 Å². The molecule has 28 heavy (non-hydrogen) atoms. The number of hydrogen-bond donors (Lipinski definition) is 3. The molecule has 1 aliphatic rings. The monoisotopic (exact) mass is 416 g/mol. The van der Waals surface area contributed by atoms with Gasteiger partial charge in [-0.25, -0.2) is 0 Å². The van der Waals surface area contributed by atoms with Crippen LogP contribution in [-0.2, 0) is 4.79 Å². The molecule has 168 valence electrons. The average molecular weight is 417 g/mol. The number of carboxylic acids is 1. The Morgan fingerprint density at radius 2 is 1.54 bits per heavy atom. The second-order valence-electron chi connectivity index (χ2n) is 8.21. The fraction of sp³-hybridized carbons (Fsp3) is 0.957. The molecule has 1 fully saturated rings. The van der Waals surface area contributed by atoms with Crippen LogP contribution in [0.3, 0.4) is 0 Å². The lowest BCUT2D eigenvalue weighted by Crippen LogP contribution is -2.37. The lowest BCUT2D eigenvalue weighted by atomic mass is 9.97. The molecule has 0 amide bonds. The van der Waals surface area contributed by atoms with Gasteiger partial charge in [0, 0.05) is 6.04 Å².